The lowest BCUT2D eigenvalue weighted by Crippen LogP contribution is -2.10. The number of benzene rings is 3. The number of rotatable bonds is 5. The van der Waals surface area contributed by atoms with Crippen LogP contribution in [0.4, 0.5) is 17.1 Å². The molecule has 3 rings (SSSR count). The third-order valence-corrected chi connectivity index (χ3v) is 3.63. The Kier molecular flexibility index (Phi) is 4.52. The first kappa shape index (κ1) is 14.4. The normalized spacial score (nSPS) is 10.4. The average Bonchev–Trinajstić information content (AvgIpc) is 2.58. The Labute approximate surface area is 131 Å². The number of nitrogens with two attached hydrogens (primary N) is 1. The first-order valence-corrected chi connectivity index (χ1v) is 7.58. The van der Waals surface area contributed by atoms with Crippen molar-refractivity contribution in [1.82, 2.24) is 0 Å². The second-order valence-electron chi connectivity index (χ2n) is 5.22. The van der Waals surface area contributed by atoms with E-state index in [2.05, 4.69) is 77.7 Å². The Balaban J connectivity index is 2.08. The summed E-state index contributed by atoms with van der Waals surface area (Å²) in [4.78, 5) is 2.26. The molecule has 0 aromatic heterocycles. The zero-order valence-electron chi connectivity index (χ0n) is 12.5. The molecule has 2 heteroatoms. The summed E-state index contributed by atoms with van der Waals surface area (Å²) in [6.45, 7) is 0.667. The molecule has 0 spiro atoms. The van der Waals surface area contributed by atoms with E-state index >= 15 is 0 Å². The molecule has 0 radical (unpaired) electrons. The minimum Gasteiger partial charge on any atom is -0.330 e. The second kappa shape index (κ2) is 6.92. The van der Waals surface area contributed by atoms with Crippen molar-refractivity contribution in [2.45, 2.75) is 6.42 Å². The van der Waals surface area contributed by atoms with Gasteiger partial charge in [-0.3, -0.25) is 0 Å². The fourth-order valence-corrected chi connectivity index (χ4v) is 2.62. The van der Waals surface area contributed by atoms with E-state index in [9.17, 15) is 0 Å². The predicted octanol–water partition coefficient (Wildman–Crippen LogP) is 4.66. The van der Waals surface area contributed by atoms with Crippen molar-refractivity contribution in [3.63, 3.8) is 0 Å². The highest BCUT2D eigenvalue weighted by atomic mass is 15.1. The van der Waals surface area contributed by atoms with Gasteiger partial charge < -0.3 is 10.6 Å². The molecule has 0 saturated heterocycles. The van der Waals surface area contributed by atoms with E-state index in [4.69, 9.17) is 5.73 Å². The first-order chi connectivity index (χ1) is 10.9. The van der Waals surface area contributed by atoms with Crippen LogP contribution in [0.15, 0.2) is 84.9 Å². The highest BCUT2D eigenvalue weighted by Gasteiger charge is 2.11. The van der Waals surface area contributed by atoms with Gasteiger partial charge in [0.05, 0.1) is 0 Å². The zero-order chi connectivity index (χ0) is 15.2. The number of anilines is 3. The minimum absolute atomic E-state index is 0.667. The number of nitrogens with zero attached hydrogens (tertiary/aromatic N) is 1. The maximum atomic E-state index is 5.70. The quantitative estimate of drug-likeness (QED) is 0.740. The molecule has 3 aromatic carbocycles. The largest absolute Gasteiger partial charge is 0.330 e. The third kappa shape index (κ3) is 3.18. The molecular formula is C20H20N2. The predicted molar refractivity (Wildman–Crippen MR) is 93.9 cm³/mol. The Morgan fingerprint density at radius 1 is 0.636 bits per heavy atom. The summed E-state index contributed by atoms with van der Waals surface area (Å²) in [5, 5.41) is 0. The monoisotopic (exact) mass is 288 g/mol. The van der Waals surface area contributed by atoms with Crippen LogP contribution in [0, 0.1) is 0 Å². The van der Waals surface area contributed by atoms with Crippen LogP contribution < -0.4 is 10.6 Å². The van der Waals surface area contributed by atoms with E-state index in [1.807, 2.05) is 12.1 Å². The number of hydrogen-bond donors (Lipinski definition) is 1. The van der Waals surface area contributed by atoms with Crippen LogP contribution >= 0.6 is 0 Å². The lowest BCUT2D eigenvalue weighted by molar-refractivity contribution is 0.968. The van der Waals surface area contributed by atoms with Crippen molar-refractivity contribution in [3.8, 4) is 0 Å². The molecule has 0 bridgehead atoms. The van der Waals surface area contributed by atoms with Crippen LogP contribution in [0.5, 0.6) is 0 Å². The molecule has 0 saturated carbocycles. The summed E-state index contributed by atoms with van der Waals surface area (Å²) in [6.07, 6.45) is 0.894. The summed E-state index contributed by atoms with van der Waals surface area (Å²) in [5.41, 5.74) is 10.4. The van der Waals surface area contributed by atoms with Gasteiger partial charge in [-0.15, -0.1) is 0 Å². The van der Waals surface area contributed by atoms with Crippen molar-refractivity contribution in [3.05, 3.63) is 90.5 Å². The van der Waals surface area contributed by atoms with Crippen LogP contribution in [0.2, 0.25) is 0 Å². The van der Waals surface area contributed by atoms with Crippen LogP contribution in [-0.4, -0.2) is 6.54 Å². The number of para-hydroxylation sites is 2. The molecule has 0 heterocycles. The van der Waals surface area contributed by atoms with Gasteiger partial charge in [0.15, 0.2) is 0 Å². The van der Waals surface area contributed by atoms with Gasteiger partial charge >= 0.3 is 0 Å². The topological polar surface area (TPSA) is 29.3 Å². The molecule has 2 nitrogen and oxygen atoms in total. The molecule has 0 atom stereocenters. The van der Waals surface area contributed by atoms with Crippen LogP contribution in [0.3, 0.4) is 0 Å². The summed E-state index contributed by atoms with van der Waals surface area (Å²) >= 11 is 0. The Morgan fingerprint density at radius 3 is 1.73 bits per heavy atom. The first-order valence-electron chi connectivity index (χ1n) is 7.58. The molecule has 3 aromatic rings. The van der Waals surface area contributed by atoms with Crippen molar-refractivity contribution in [2.75, 3.05) is 11.4 Å². The van der Waals surface area contributed by atoms with Gasteiger partial charge in [0.25, 0.3) is 0 Å². The van der Waals surface area contributed by atoms with Crippen molar-refractivity contribution in [2.24, 2.45) is 5.73 Å². The van der Waals surface area contributed by atoms with Crippen molar-refractivity contribution >= 4 is 17.1 Å². The molecule has 0 aliphatic heterocycles. The van der Waals surface area contributed by atoms with Gasteiger partial charge in [-0.1, -0.05) is 48.5 Å². The standard InChI is InChI=1S/C20H20N2/c21-15-14-17-8-7-13-20(16-17)22(18-9-3-1-4-10-18)19-11-5-2-6-12-19/h1-13,16H,14-15,21H2. The number of hydrogen-bond acceptors (Lipinski definition) is 2. The Hall–Kier alpha value is -2.58. The van der Waals surface area contributed by atoms with Gasteiger partial charge in [-0.05, 0) is 54.9 Å². The highest BCUT2D eigenvalue weighted by molar-refractivity contribution is 5.76. The van der Waals surface area contributed by atoms with Crippen molar-refractivity contribution in [1.29, 1.82) is 0 Å². The zero-order valence-corrected chi connectivity index (χ0v) is 12.5. The fourth-order valence-electron chi connectivity index (χ4n) is 2.62. The summed E-state index contributed by atoms with van der Waals surface area (Å²) in [5.74, 6) is 0. The van der Waals surface area contributed by atoms with E-state index in [0.29, 0.717) is 6.54 Å². The Bertz CT molecular complexity index is 669. The van der Waals surface area contributed by atoms with Gasteiger partial charge in [0.1, 0.15) is 0 Å². The molecule has 0 aliphatic rings. The van der Waals surface area contributed by atoms with Gasteiger partial charge in [0, 0.05) is 17.1 Å². The van der Waals surface area contributed by atoms with E-state index in [1.165, 1.54) is 5.56 Å². The molecular weight excluding hydrogens is 268 g/mol. The molecule has 0 aliphatic carbocycles. The Morgan fingerprint density at radius 2 is 1.18 bits per heavy atom. The molecule has 110 valence electrons. The average molecular weight is 288 g/mol. The lowest BCUT2D eigenvalue weighted by Gasteiger charge is -2.25. The van der Waals surface area contributed by atoms with Crippen LogP contribution in [-0.2, 0) is 6.42 Å². The second-order valence-corrected chi connectivity index (χ2v) is 5.22. The smallest absolute Gasteiger partial charge is 0.0464 e. The van der Waals surface area contributed by atoms with Gasteiger partial charge in [0.2, 0.25) is 0 Å². The summed E-state index contributed by atoms with van der Waals surface area (Å²) < 4.78 is 0. The van der Waals surface area contributed by atoms with E-state index in [1.54, 1.807) is 0 Å². The molecule has 2 N–H and O–H groups in total. The SMILES string of the molecule is NCCc1cccc(N(c2ccccc2)c2ccccc2)c1. The summed E-state index contributed by atoms with van der Waals surface area (Å²) in [7, 11) is 0. The van der Waals surface area contributed by atoms with Gasteiger partial charge in [-0.2, -0.15) is 0 Å². The van der Waals surface area contributed by atoms with E-state index in [0.717, 1.165) is 23.5 Å². The fraction of sp³-hybridized carbons (Fsp3) is 0.100. The minimum atomic E-state index is 0.667. The van der Waals surface area contributed by atoms with Gasteiger partial charge in [-0.25, -0.2) is 0 Å². The molecule has 0 fully saturated rings. The maximum Gasteiger partial charge on any atom is 0.0464 e. The third-order valence-electron chi connectivity index (χ3n) is 3.63. The molecule has 0 unspecified atom stereocenters. The summed E-state index contributed by atoms with van der Waals surface area (Å²) in [6, 6.07) is 29.4. The lowest BCUT2D eigenvalue weighted by atomic mass is 10.1. The molecule has 0 amide bonds. The van der Waals surface area contributed by atoms with E-state index < -0.39 is 0 Å². The van der Waals surface area contributed by atoms with E-state index in [-0.39, 0.29) is 0 Å². The highest BCUT2D eigenvalue weighted by Crippen LogP contribution is 2.34. The van der Waals surface area contributed by atoms with Crippen LogP contribution in [0.1, 0.15) is 5.56 Å². The van der Waals surface area contributed by atoms with Crippen LogP contribution in [0.25, 0.3) is 0 Å². The maximum absolute atomic E-state index is 5.70. The molecule has 22 heavy (non-hydrogen) atoms. The van der Waals surface area contributed by atoms with Crippen molar-refractivity contribution < 1.29 is 0 Å².